The third kappa shape index (κ3) is 6.81. The van der Waals surface area contributed by atoms with E-state index in [1.807, 2.05) is 48.3 Å². The van der Waals surface area contributed by atoms with Gasteiger partial charge in [-0.25, -0.2) is 0 Å². The molecule has 0 bridgehead atoms. The number of hydrogen-bond donors (Lipinski definition) is 1. The fraction of sp³-hybridized carbons (Fsp3) is 0.296. The van der Waals surface area contributed by atoms with E-state index in [2.05, 4.69) is 57.6 Å². The van der Waals surface area contributed by atoms with Gasteiger partial charge in [0.05, 0.1) is 6.54 Å². The molecule has 6 heteroatoms. The van der Waals surface area contributed by atoms with Crippen molar-refractivity contribution >= 4 is 28.9 Å². The number of halogens is 1. The number of nitrogens with one attached hydrogen (secondary N) is 1. The molecule has 0 unspecified atom stereocenters. The van der Waals surface area contributed by atoms with Crippen LogP contribution in [0.25, 0.3) is 0 Å². The van der Waals surface area contributed by atoms with Crippen molar-refractivity contribution in [1.29, 1.82) is 0 Å². The summed E-state index contributed by atoms with van der Waals surface area (Å²) in [5.41, 5.74) is 4.40. The zero-order valence-electron chi connectivity index (χ0n) is 19.1. The number of amides is 1. The van der Waals surface area contributed by atoms with Crippen molar-refractivity contribution in [3.63, 3.8) is 0 Å². The average Bonchev–Trinajstić information content (AvgIpc) is 2.82. The number of benzene rings is 3. The van der Waals surface area contributed by atoms with Crippen molar-refractivity contribution in [3.05, 3.63) is 95.0 Å². The molecule has 4 rings (SSSR count). The number of nitrogens with zero attached hydrogens (tertiary/aromatic N) is 3. The third-order valence-corrected chi connectivity index (χ3v) is 6.32. The predicted octanol–water partition coefficient (Wildman–Crippen LogP) is 4.73. The average molecular weight is 463 g/mol. The van der Waals surface area contributed by atoms with Crippen LogP contribution in [0, 0.1) is 0 Å². The minimum absolute atomic E-state index is 0.0353. The van der Waals surface area contributed by atoms with E-state index in [0.29, 0.717) is 13.1 Å². The molecule has 1 N–H and O–H groups in total. The second kappa shape index (κ2) is 11.3. The topological polar surface area (TPSA) is 38.8 Å². The van der Waals surface area contributed by atoms with Crippen molar-refractivity contribution in [1.82, 2.24) is 9.80 Å². The molecule has 1 aliphatic rings. The summed E-state index contributed by atoms with van der Waals surface area (Å²) in [5.74, 6) is -0.0353. The highest BCUT2D eigenvalue weighted by atomic mass is 35.5. The smallest absolute Gasteiger partial charge is 0.238 e. The van der Waals surface area contributed by atoms with E-state index >= 15 is 0 Å². The highest BCUT2D eigenvalue weighted by Gasteiger charge is 2.17. The molecule has 1 saturated heterocycles. The van der Waals surface area contributed by atoms with E-state index < -0.39 is 0 Å². The summed E-state index contributed by atoms with van der Waals surface area (Å²) < 4.78 is 0. The van der Waals surface area contributed by atoms with Crippen LogP contribution in [-0.2, 0) is 17.9 Å². The zero-order valence-corrected chi connectivity index (χ0v) is 19.8. The molecular weight excluding hydrogens is 432 g/mol. The molecule has 0 spiro atoms. The lowest BCUT2D eigenvalue weighted by atomic mass is 10.2. The van der Waals surface area contributed by atoms with Gasteiger partial charge in [0.25, 0.3) is 0 Å². The Kier molecular flexibility index (Phi) is 8.00. The Hall–Kier alpha value is -2.86. The van der Waals surface area contributed by atoms with Crippen LogP contribution < -0.4 is 10.2 Å². The SMILES string of the molecule is CN(CC(=O)Nc1ccc(N2CCN(Cc3ccccc3)CC2)cc1)Cc1ccccc1Cl. The van der Waals surface area contributed by atoms with E-state index in [0.717, 1.165) is 49.0 Å². The van der Waals surface area contributed by atoms with Gasteiger partial charge in [-0.05, 0) is 48.5 Å². The molecule has 0 radical (unpaired) electrons. The Bertz CT molecular complexity index is 1030. The lowest BCUT2D eigenvalue weighted by Gasteiger charge is -2.36. The molecule has 33 heavy (non-hydrogen) atoms. The van der Waals surface area contributed by atoms with Gasteiger partial charge >= 0.3 is 0 Å². The summed E-state index contributed by atoms with van der Waals surface area (Å²) in [6, 6.07) is 26.5. The molecule has 3 aromatic carbocycles. The third-order valence-electron chi connectivity index (χ3n) is 5.95. The van der Waals surface area contributed by atoms with Gasteiger partial charge in [0.1, 0.15) is 0 Å². The summed E-state index contributed by atoms with van der Waals surface area (Å²) >= 11 is 6.22. The number of carbonyl (C=O) groups is 1. The van der Waals surface area contributed by atoms with Gasteiger partial charge in [-0.2, -0.15) is 0 Å². The highest BCUT2D eigenvalue weighted by Crippen LogP contribution is 2.21. The molecule has 172 valence electrons. The fourth-order valence-corrected chi connectivity index (χ4v) is 4.38. The predicted molar refractivity (Wildman–Crippen MR) is 137 cm³/mol. The van der Waals surface area contributed by atoms with E-state index in [4.69, 9.17) is 11.6 Å². The first kappa shape index (κ1) is 23.3. The van der Waals surface area contributed by atoms with Gasteiger partial charge in [-0.15, -0.1) is 0 Å². The van der Waals surface area contributed by atoms with Crippen molar-refractivity contribution in [2.45, 2.75) is 13.1 Å². The molecule has 1 heterocycles. The van der Waals surface area contributed by atoms with Crippen LogP contribution in [0.1, 0.15) is 11.1 Å². The van der Waals surface area contributed by atoms with Gasteiger partial charge in [0.15, 0.2) is 0 Å². The molecule has 0 aromatic heterocycles. The van der Waals surface area contributed by atoms with Gasteiger partial charge in [0.2, 0.25) is 5.91 Å². The standard InChI is InChI=1S/C27H31ClN4O/c1-30(20-23-9-5-6-10-26(23)28)21-27(33)29-24-11-13-25(14-12-24)32-17-15-31(16-18-32)19-22-7-3-2-4-8-22/h2-14H,15-21H2,1H3,(H,29,33). The second-order valence-electron chi connectivity index (χ2n) is 8.61. The molecule has 1 fully saturated rings. The van der Waals surface area contributed by atoms with E-state index in [1.54, 1.807) is 0 Å². The van der Waals surface area contributed by atoms with Gasteiger partial charge in [-0.1, -0.05) is 60.1 Å². The number of hydrogen-bond acceptors (Lipinski definition) is 4. The quantitative estimate of drug-likeness (QED) is 0.525. The lowest BCUT2D eigenvalue weighted by Crippen LogP contribution is -2.45. The maximum atomic E-state index is 12.5. The van der Waals surface area contributed by atoms with Crippen LogP contribution in [-0.4, -0.2) is 55.5 Å². The van der Waals surface area contributed by atoms with Crippen molar-refractivity contribution < 1.29 is 4.79 Å². The van der Waals surface area contributed by atoms with E-state index in [-0.39, 0.29) is 5.91 Å². The highest BCUT2D eigenvalue weighted by molar-refractivity contribution is 6.31. The number of likely N-dealkylation sites (N-methyl/N-ethyl adjacent to an activating group) is 1. The molecule has 0 aliphatic carbocycles. The van der Waals surface area contributed by atoms with Crippen LogP contribution in [0.15, 0.2) is 78.9 Å². The van der Waals surface area contributed by atoms with Gasteiger partial charge in [0, 0.05) is 55.7 Å². The maximum absolute atomic E-state index is 12.5. The number of rotatable bonds is 8. The van der Waals surface area contributed by atoms with Crippen LogP contribution in [0.4, 0.5) is 11.4 Å². The van der Waals surface area contributed by atoms with E-state index in [1.165, 1.54) is 11.3 Å². The molecular formula is C27H31ClN4O. The zero-order chi connectivity index (χ0) is 23.0. The Morgan fingerprint density at radius 1 is 0.909 bits per heavy atom. The first-order chi connectivity index (χ1) is 16.1. The molecule has 0 saturated carbocycles. The fourth-order valence-electron chi connectivity index (χ4n) is 4.18. The second-order valence-corrected chi connectivity index (χ2v) is 9.01. The Morgan fingerprint density at radius 2 is 1.58 bits per heavy atom. The summed E-state index contributed by atoms with van der Waals surface area (Å²) in [5, 5.41) is 3.72. The molecule has 3 aromatic rings. The molecule has 5 nitrogen and oxygen atoms in total. The van der Waals surface area contributed by atoms with Crippen LogP contribution >= 0.6 is 11.6 Å². The van der Waals surface area contributed by atoms with Crippen molar-refractivity contribution in [3.8, 4) is 0 Å². The Labute approximate surface area is 201 Å². The maximum Gasteiger partial charge on any atom is 0.238 e. The molecule has 1 amide bonds. The largest absolute Gasteiger partial charge is 0.369 e. The number of anilines is 2. The minimum Gasteiger partial charge on any atom is -0.369 e. The first-order valence-corrected chi connectivity index (χ1v) is 11.8. The van der Waals surface area contributed by atoms with Gasteiger partial charge < -0.3 is 10.2 Å². The summed E-state index contributed by atoms with van der Waals surface area (Å²) in [7, 11) is 1.92. The molecule has 1 aliphatic heterocycles. The Morgan fingerprint density at radius 3 is 2.27 bits per heavy atom. The first-order valence-electron chi connectivity index (χ1n) is 11.4. The Balaban J connectivity index is 1.23. The summed E-state index contributed by atoms with van der Waals surface area (Å²) in [6.07, 6.45) is 0. The summed E-state index contributed by atoms with van der Waals surface area (Å²) in [4.78, 5) is 19.3. The van der Waals surface area contributed by atoms with Crippen LogP contribution in [0.3, 0.4) is 0 Å². The van der Waals surface area contributed by atoms with Crippen molar-refractivity contribution in [2.24, 2.45) is 0 Å². The van der Waals surface area contributed by atoms with Crippen molar-refractivity contribution in [2.75, 3.05) is 50.0 Å². The monoisotopic (exact) mass is 462 g/mol. The summed E-state index contributed by atoms with van der Waals surface area (Å²) in [6.45, 7) is 6.04. The van der Waals surface area contributed by atoms with Crippen LogP contribution in [0.2, 0.25) is 5.02 Å². The lowest BCUT2D eigenvalue weighted by molar-refractivity contribution is -0.117. The van der Waals surface area contributed by atoms with Gasteiger partial charge in [-0.3, -0.25) is 14.6 Å². The van der Waals surface area contributed by atoms with Crippen LogP contribution in [0.5, 0.6) is 0 Å². The molecule has 0 atom stereocenters. The minimum atomic E-state index is -0.0353. The van der Waals surface area contributed by atoms with E-state index in [9.17, 15) is 4.79 Å². The number of carbonyl (C=O) groups excluding carboxylic acids is 1. The number of piperazine rings is 1. The normalized spacial score (nSPS) is 14.5.